The molecule has 0 amide bonds. The van der Waals surface area contributed by atoms with E-state index in [2.05, 4.69) is 13.8 Å². The van der Waals surface area contributed by atoms with E-state index in [1.807, 2.05) is 0 Å². The number of aliphatic hydroxyl groups is 3. The van der Waals surface area contributed by atoms with Gasteiger partial charge in [-0.2, -0.15) is 0 Å². The summed E-state index contributed by atoms with van der Waals surface area (Å²) >= 11 is 0. The Morgan fingerprint density at radius 2 is 0.853 bits per heavy atom. The minimum absolute atomic E-state index is 0.0417. The van der Waals surface area contributed by atoms with E-state index in [9.17, 15) is 9.59 Å². The number of carboxylic acids is 2. The standard InChI is InChI=1S/C10H22O4.C6H14O4.C6H10O4/c1-10(2)9-14-8-7-13-6-5-12-4-3-11;7-1-3-9-5-6-10-4-2-8;7-5(8)3-1-2-4-6(9)10/h10-11H,3-9H2,1-2H3;7-8H,1-6H2;1-4H2,(H,7,8)(H,9,10). The molecule has 0 atom stereocenters. The second-order valence-corrected chi connectivity index (χ2v) is 7.08. The normalized spacial score (nSPS) is 10.3. The molecule has 34 heavy (non-hydrogen) atoms. The minimum Gasteiger partial charge on any atom is -0.481 e. The quantitative estimate of drug-likeness (QED) is 0.129. The molecule has 0 heterocycles. The Kier molecular flexibility index (Phi) is 36.9. The van der Waals surface area contributed by atoms with Gasteiger partial charge in [-0.05, 0) is 18.8 Å². The van der Waals surface area contributed by atoms with Gasteiger partial charge in [0, 0.05) is 19.4 Å². The van der Waals surface area contributed by atoms with E-state index in [1.54, 1.807) is 0 Å². The van der Waals surface area contributed by atoms with Gasteiger partial charge in [0.05, 0.1) is 79.3 Å². The van der Waals surface area contributed by atoms with Crippen LogP contribution in [0, 0.1) is 5.92 Å². The molecule has 0 aromatic heterocycles. The van der Waals surface area contributed by atoms with Crippen molar-refractivity contribution in [1.29, 1.82) is 0 Å². The Labute approximate surface area is 202 Å². The molecule has 0 aromatic carbocycles. The molecule has 0 saturated carbocycles. The van der Waals surface area contributed by atoms with E-state index in [0.29, 0.717) is 78.2 Å². The molecule has 0 saturated heterocycles. The third kappa shape index (κ3) is 48.2. The van der Waals surface area contributed by atoms with Crippen molar-refractivity contribution < 1.29 is 58.8 Å². The molecular formula is C22H46O12. The lowest BCUT2D eigenvalue weighted by molar-refractivity contribution is -0.139. The molecule has 5 N–H and O–H groups in total. The maximum atomic E-state index is 9.90. The average molecular weight is 503 g/mol. The number of ether oxygens (including phenoxy) is 5. The van der Waals surface area contributed by atoms with E-state index in [0.717, 1.165) is 6.61 Å². The summed E-state index contributed by atoms with van der Waals surface area (Å²) in [6.45, 7) is 9.53. The van der Waals surface area contributed by atoms with Crippen LogP contribution in [0.15, 0.2) is 0 Å². The molecule has 0 aliphatic heterocycles. The molecule has 0 rings (SSSR count). The molecule has 12 heteroatoms. The Bertz CT molecular complexity index is 383. The molecule has 0 radical (unpaired) electrons. The van der Waals surface area contributed by atoms with E-state index >= 15 is 0 Å². The predicted octanol–water partition coefficient (Wildman–Crippen LogP) is 0.405. The first-order valence-corrected chi connectivity index (χ1v) is 11.5. The van der Waals surface area contributed by atoms with Gasteiger partial charge in [0.2, 0.25) is 0 Å². The van der Waals surface area contributed by atoms with E-state index in [1.165, 1.54) is 0 Å². The highest BCUT2D eigenvalue weighted by Crippen LogP contribution is 1.98. The Hall–Kier alpha value is -1.38. The molecule has 206 valence electrons. The summed E-state index contributed by atoms with van der Waals surface area (Å²) in [5.74, 6) is -1.17. The summed E-state index contributed by atoms with van der Waals surface area (Å²) in [5, 5.41) is 41.2. The number of rotatable bonds is 22. The summed E-state index contributed by atoms with van der Waals surface area (Å²) in [7, 11) is 0. The lowest BCUT2D eigenvalue weighted by Crippen LogP contribution is -2.12. The molecule has 0 aliphatic rings. The van der Waals surface area contributed by atoms with Gasteiger partial charge in [0.25, 0.3) is 0 Å². The molecule has 0 bridgehead atoms. The van der Waals surface area contributed by atoms with Gasteiger partial charge in [0.1, 0.15) is 0 Å². The van der Waals surface area contributed by atoms with Crippen LogP contribution in [-0.2, 0) is 33.3 Å². The zero-order chi connectivity index (χ0) is 26.3. The molecule has 0 aliphatic carbocycles. The maximum absolute atomic E-state index is 9.90. The maximum Gasteiger partial charge on any atom is 0.303 e. The van der Waals surface area contributed by atoms with Gasteiger partial charge >= 0.3 is 11.9 Å². The average Bonchev–Trinajstić information content (AvgIpc) is 2.78. The van der Waals surface area contributed by atoms with Crippen molar-refractivity contribution in [2.45, 2.75) is 39.5 Å². The van der Waals surface area contributed by atoms with Crippen molar-refractivity contribution in [2.75, 3.05) is 85.9 Å². The topological polar surface area (TPSA) is 181 Å². The van der Waals surface area contributed by atoms with Crippen molar-refractivity contribution >= 4 is 11.9 Å². The van der Waals surface area contributed by atoms with Crippen LogP contribution in [0.2, 0.25) is 0 Å². The largest absolute Gasteiger partial charge is 0.481 e. The van der Waals surface area contributed by atoms with E-state index < -0.39 is 11.9 Å². The number of hydrogen-bond donors (Lipinski definition) is 5. The first-order valence-electron chi connectivity index (χ1n) is 11.5. The zero-order valence-corrected chi connectivity index (χ0v) is 20.7. The summed E-state index contributed by atoms with van der Waals surface area (Å²) in [6.07, 6.45) is 1.02. The molecule has 0 fully saturated rings. The number of aliphatic carboxylic acids is 2. The van der Waals surface area contributed by atoms with Crippen LogP contribution in [0.25, 0.3) is 0 Å². The van der Waals surface area contributed by atoms with Gasteiger partial charge in [-0.25, -0.2) is 0 Å². The Morgan fingerprint density at radius 1 is 0.559 bits per heavy atom. The number of aliphatic hydroxyl groups excluding tert-OH is 3. The smallest absolute Gasteiger partial charge is 0.303 e. The van der Waals surface area contributed by atoms with Crippen molar-refractivity contribution in [3.63, 3.8) is 0 Å². The van der Waals surface area contributed by atoms with Gasteiger partial charge in [-0.1, -0.05) is 13.8 Å². The SMILES string of the molecule is CC(C)COCCOCCOCCO.O=C(O)CCCCC(=O)O.OCCOCCOCCO. The van der Waals surface area contributed by atoms with Crippen molar-refractivity contribution in [3.8, 4) is 0 Å². The lowest BCUT2D eigenvalue weighted by Gasteiger charge is -2.07. The van der Waals surface area contributed by atoms with Gasteiger partial charge in [-0.3, -0.25) is 9.59 Å². The van der Waals surface area contributed by atoms with Crippen LogP contribution < -0.4 is 0 Å². The summed E-state index contributed by atoms with van der Waals surface area (Å²) in [5.41, 5.74) is 0. The Morgan fingerprint density at radius 3 is 1.12 bits per heavy atom. The molecule has 0 spiro atoms. The zero-order valence-electron chi connectivity index (χ0n) is 20.7. The number of unbranched alkanes of at least 4 members (excludes halogenated alkanes) is 1. The van der Waals surface area contributed by atoms with Gasteiger partial charge in [0.15, 0.2) is 0 Å². The number of carboxylic acid groups (broad SMARTS) is 2. The predicted molar refractivity (Wildman–Crippen MR) is 124 cm³/mol. The summed E-state index contributed by atoms with van der Waals surface area (Å²) in [4.78, 5) is 19.8. The van der Waals surface area contributed by atoms with Gasteiger partial charge in [-0.15, -0.1) is 0 Å². The van der Waals surface area contributed by atoms with Crippen molar-refractivity contribution in [2.24, 2.45) is 5.92 Å². The highest BCUT2D eigenvalue weighted by molar-refractivity contribution is 5.67. The lowest BCUT2D eigenvalue weighted by atomic mass is 10.2. The van der Waals surface area contributed by atoms with Crippen molar-refractivity contribution in [1.82, 2.24) is 0 Å². The fourth-order valence-corrected chi connectivity index (χ4v) is 1.83. The second kappa shape index (κ2) is 33.8. The summed E-state index contributed by atoms with van der Waals surface area (Å²) < 4.78 is 25.3. The third-order valence-electron chi connectivity index (χ3n) is 3.31. The minimum atomic E-state index is -0.870. The van der Waals surface area contributed by atoms with Crippen LogP contribution in [0.1, 0.15) is 39.5 Å². The highest BCUT2D eigenvalue weighted by Gasteiger charge is 1.99. The molecular weight excluding hydrogens is 456 g/mol. The Balaban J connectivity index is -0.000000434. The van der Waals surface area contributed by atoms with Crippen molar-refractivity contribution in [3.05, 3.63) is 0 Å². The molecule has 0 unspecified atom stereocenters. The fourth-order valence-electron chi connectivity index (χ4n) is 1.83. The van der Waals surface area contributed by atoms with Gasteiger partial charge < -0.3 is 49.2 Å². The van der Waals surface area contributed by atoms with Crippen LogP contribution in [0.3, 0.4) is 0 Å². The first kappa shape index (κ1) is 37.2. The second-order valence-electron chi connectivity index (χ2n) is 7.08. The fraction of sp³-hybridized carbons (Fsp3) is 0.909. The van der Waals surface area contributed by atoms with Crippen LogP contribution in [-0.4, -0.2) is 123 Å². The van der Waals surface area contributed by atoms with Crippen LogP contribution in [0.4, 0.5) is 0 Å². The highest BCUT2D eigenvalue weighted by atomic mass is 16.5. The van der Waals surface area contributed by atoms with E-state index in [-0.39, 0.29) is 32.7 Å². The molecule has 0 aromatic rings. The first-order chi connectivity index (χ1) is 16.3. The van der Waals surface area contributed by atoms with Crippen LogP contribution >= 0.6 is 0 Å². The number of hydrogen-bond acceptors (Lipinski definition) is 10. The molecule has 12 nitrogen and oxygen atoms in total. The third-order valence-corrected chi connectivity index (χ3v) is 3.31. The van der Waals surface area contributed by atoms with Crippen LogP contribution in [0.5, 0.6) is 0 Å². The number of carbonyl (C=O) groups is 2. The van der Waals surface area contributed by atoms with E-state index in [4.69, 9.17) is 49.2 Å². The summed E-state index contributed by atoms with van der Waals surface area (Å²) in [6, 6.07) is 0. The monoisotopic (exact) mass is 502 g/mol.